The summed E-state index contributed by atoms with van der Waals surface area (Å²) in [6.07, 6.45) is 2.26. The van der Waals surface area contributed by atoms with E-state index in [9.17, 15) is 0 Å². The van der Waals surface area contributed by atoms with Gasteiger partial charge in [-0.1, -0.05) is 23.8 Å². The quantitative estimate of drug-likeness (QED) is 0.795. The fraction of sp³-hybridized carbons (Fsp3) is 0.429. The third-order valence-corrected chi connectivity index (χ3v) is 2.74. The molecule has 0 radical (unpaired) electrons. The molecule has 0 aliphatic carbocycles. The summed E-state index contributed by atoms with van der Waals surface area (Å²) in [4.78, 5) is 0. The summed E-state index contributed by atoms with van der Waals surface area (Å²) in [5, 5.41) is 3.16. The molecule has 1 heteroatoms. The van der Waals surface area contributed by atoms with Gasteiger partial charge in [-0.2, -0.15) is 0 Å². The second-order valence-corrected chi connectivity index (χ2v) is 4.31. The largest absolute Gasteiger partial charge is 0.316 e. The maximum atomic E-state index is 3.16. The second-order valence-electron chi connectivity index (χ2n) is 4.31. The first-order chi connectivity index (χ1) is 7.04. The van der Waals surface area contributed by atoms with E-state index in [2.05, 4.69) is 51.2 Å². The van der Waals surface area contributed by atoms with Gasteiger partial charge < -0.3 is 5.32 Å². The number of benzene rings is 1. The van der Waals surface area contributed by atoms with E-state index >= 15 is 0 Å². The Kier molecular flexibility index (Phi) is 4.10. The SMILES string of the molecule is CNCC(C)=Cc1cc(C)c(C)cc1C. The van der Waals surface area contributed by atoms with E-state index in [4.69, 9.17) is 0 Å². The van der Waals surface area contributed by atoms with E-state index in [1.165, 1.54) is 27.8 Å². The first-order valence-corrected chi connectivity index (χ1v) is 5.44. The molecule has 0 bridgehead atoms. The minimum Gasteiger partial charge on any atom is -0.316 e. The van der Waals surface area contributed by atoms with Crippen molar-refractivity contribution in [3.63, 3.8) is 0 Å². The molecule has 1 nitrogen and oxygen atoms in total. The van der Waals surface area contributed by atoms with Gasteiger partial charge in [0.25, 0.3) is 0 Å². The van der Waals surface area contributed by atoms with Crippen LogP contribution in [0.3, 0.4) is 0 Å². The topological polar surface area (TPSA) is 12.0 Å². The van der Waals surface area contributed by atoms with Gasteiger partial charge in [-0.3, -0.25) is 0 Å². The van der Waals surface area contributed by atoms with Crippen LogP contribution in [-0.4, -0.2) is 13.6 Å². The van der Waals surface area contributed by atoms with E-state index < -0.39 is 0 Å². The van der Waals surface area contributed by atoms with Crippen molar-refractivity contribution < 1.29 is 0 Å². The highest BCUT2D eigenvalue weighted by atomic mass is 14.8. The van der Waals surface area contributed by atoms with Crippen LogP contribution in [0.25, 0.3) is 6.08 Å². The lowest BCUT2D eigenvalue weighted by atomic mass is 9.99. The molecule has 0 atom stereocenters. The van der Waals surface area contributed by atoms with E-state index in [0.29, 0.717) is 0 Å². The molecule has 0 aromatic heterocycles. The summed E-state index contributed by atoms with van der Waals surface area (Å²) in [5.41, 5.74) is 6.79. The predicted octanol–water partition coefficient (Wildman–Crippen LogP) is 3.23. The van der Waals surface area contributed by atoms with Crippen LogP contribution < -0.4 is 5.32 Å². The summed E-state index contributed by atoms with van der Waals surface area (Å²) in [5.74, 6) is 0. The molecule has 1 aromatic rings. The van der Waals surface area contributed by atoms with Crippen molar-refractivity contribution in [1.82, 2.24) is 5.32 Å². The molecule has 0 aliphatic heterocycles. The molecule has 0 saturated heterocycles. The molecule has 0 heterocycles. The molecule has 82 valence electrons. The van der Waals surface area contributed by atoms with Crippen LogP contribution >= 0.6 is 0 Å². The van der Waals surface area contributed by atoms with Crippen LogP contribution in [0.15, 0.2) is 17.7 Å². The zero-order chi connectivity index (χ0) is 11.4. The van der Waals surface area contributed by atoms with Crippen molar-refractivity contribution in [3.8, 4) is 0 Å². The number of nitrogens with one attached hydrogen (secondary N) is 1. The number of hydrogen-bond acceptors (Lipinski definition) is 1. The fourth-order valence-corrected chi connectivity index (χ4v) is 1.73. The smallest absolute Gasteiger partial charge is 0.0162 e. The Morgan fingerprint density at radius 2 is 1.73 bits per heavy atom. The zero-order valence-corrected chi connectivity index (χ0v) is 10.4. The minimum absolute atomic E-state index is 0.951. The first kappa shape index (κ1) is 12.0. The molecule has 0 fully saturated rings. The molecule has 1 rings (SSSR count). The monoisotopic (exact) mass is 203 g/mol. The highest BCUT2D eigenvalue weighted by molar-refractivity contribution is 5.58. The van der Waals surface area contributed by atoms with Gasteiger partial charge in [0, 0.05) is 6.54 Å². The number of hydrogen-bond donors (Lipinski definition) is 1. The number of rotatable bonds is 3. The number of likely N-dealkylation sites (N-methyl/N-ethyl adjacent to an activating group) is 1. The van der Waals surface area contributed by atoms with Crippen LogP contribution in [0.1, 0.15) is 29.2 Å². The minimum atomic E-state index is 0.951. The Hall–Kier alpha value is -1.08. The second kappa shape index (κ2) is 5.13. The maximum absolute atomic E-state index is 3.16. The van der Waals surface area contributed by atoms with Crippen molar-refractivity contribution in [3.05, 3.63) is 40.0 Å². The highest BCUT2D eigenvalue weighted by Gasteiger charge is 1.99. The lowest BCUT2D eigenvalue weighted by molar-refractivity contribution is 0.884. The summed E-state index contributed by atoms with van der Waals surface area (Å²) in [6, 6.07) is 4.53. The average molecular weight is 203 g/mol. The van der Waals surface area contributed by atoms with E-state index in [0.717, 1.165) is 6.54 Å². The molecule has 1 N–H and O–H groups in total. The molecule has 1 aromatic carbocycles. The molecule has 0 unspecified atom stereocenters. The molecule has 0 spiro atoms. The normalized spacial score (nSPS) is 11.9. The zero-order valence-electron chi connectivity index (χ0n) is 10.4. The highest BCUT2D eigenvalue weighted by Crippen LogP contribution is 2.17. The summed E-state index contributed by atoms with van der Waals surface area (Å²) >= 11 is 0. The van der Waals surface area contributed by atoms with Gasteiger partial charge in [0.2, 0.25) is 0 Å². The Bertz CT molecular complexity index is 375. The third-order valence-electron chi connectivity index (χ3n) is 2.74. The van der Waals surface area contributed by atoms with Crippen molar-refractivity contribution in [2.24, 2.45) is 0 Å². The molecule has 0 amide bonds. The lowest BCUT2D eigenvalue weighted by Crippen LogP contribution is -2.08. The Balaban J connectivity index is 3.05. The van der Waals surface area contributed by atoms with Gasteiger partial charge in [0.05, 0.1) is 0 Å². The van der Waals surface area contributed by atoms with Crippen molar-refractivity contribution in [2.45, 2.75) is 27.7 Å². The fourth-order valence-electron chi connectivity index (χ4n) is 1.73. The van der Waals surface area contributed by atoms with Crippen molar-refractivity contribution in [2.75, 3.05) is 13.6 Å². The average Bonchev–Trinajstić information content (AvgIpc) is 2.14. The van der Waals surface area contributed by atoms with E-state index in [1.807, 2.05) is 7.05 Å². The van der Waals surface area contributed by atoms with Crippen molar-refractivity contribution in [1.29, 1.82) is 0 Å². The van der Waals surface area contributed by atoms with Crippen LogP contribution in [0, 0.1) is 20.8 Å². The Morgan fingerprint density at radius 1 is 1.13 bits per heavy atom. The summed E-state index contributed by atoms with van der Waals surface area (Å²) in [6.45, 7) is 9.61. The Morgan fingerprint density at radius 3 is 2.33 bits per heavy atom. The predicted molar refractivity (Wildman–Crippen MR) is 68.2 cm³/mol. The molecular formula is C14H21N. The van der Waals surface area contributed by atoms with Gasteiger partial charge in [-0.25, -0.2) is 0 Å². The van der Waals surface area contributed by atoms with Gasteiger partial charge in [-0.15, -0.1) is 0 Å². The Labute approximate surface area is 93.2 Å². The molecule has 15 heavy (non-hydrogen) atoms. The van der Waals surface area contributed by atoms with Gasteiger partial charge in [0.15, 0.2) is 0 Å². The van der Waals surface area contributed by atoms with Crippen LogP contribution in [0.2, 0.25) is 0 Å². The van der Waals surface area contributed by atoms with Gasteiger partial charge in [-0.05, 0) is 57.0 Å². The van der Waals surface area contributed by atoms with Gasteiger partial charge in [0.1, 0.15) is 0 Å². The molecule has 0 saturated carbocycles. The lowest BCUT2D eigenvalue weighted by Gasteiger charge is -2.07. The van der Waals surface area contributed by atoms with Crippen LogP contribution in [0.5, 0.6) is 0 Å². The standard InChI is InChI=1S/C14H21N/c1-10(9-15-5)6-14-8-12(3)11(2)7-13(14)4/h6-8,15H,9H2,1-5H3. The van der Waals surface area contributed by atoms with E-state index in [-0.39, 0.29) is 0 Å². The third kappa shape index (κ3) is 3.21. The number of aryl methyl sites for hydroxylation is 3. The molecule has 0 aliphatic rings. The molecular weight excluding hydrogens is 182 g/mol. The summed E-state index contributed by atoms with van der Waals surface area (Å²) in [7, 11) is 1.98. The van der Waals surface area contributed by atoms with Crippen molar-refractivity contribution >= 4 is 6.08 Å². The maximum Gasteiger partial charge on any atom is 0.0162 e. The summed E-state index contributed by atoms with van der Waals surface area (Å²) < 4.78 is 0. The van der Waals surface area contributed by atoms with Gasteiger partial charge >= 0.3 is 0 Å². The van der Waals surface area contributed by atoms with Crippen LogP contribution in [-0.2, 0) is 0 Å². The van der Waals surface area contributed by atoms with Crippen LogP contribution in [0.4, 0.5) is 0 Å². The first-order valence-electron chi connectivity index (χ1n) is 5.44. The van der Waals surface area contributed by atoms with E-state index in [1.54, 1.807) is 0 Å².